The van der Waals surface area contributed by atoms with Crippen LogP contribution in [0.25, 0.3) is 6.08 Å². The number of hydrogen-bond donors (Lipinski definition) is 1. The third-order valence-corrected chi connectivity index (χ3v) is 5.69. The Bertz CT molecular complexity index is 859. The maximum atomic E-state index is 12.3. The third kappa shape index (κ3) is 4.66. The van der Waals surface area contributed by atoms with Gasteiger partial charge in [-0.25, -0.2) is 4.68 Å². The number of aliphatic hydroxyl groups excluding tert-OH is 1. The maximum Gasteiger partial charge on any atom is 0.246 e. The number of hydrogen-bond acceptors (Lipinski definition) is 3. The van der Waals surface area contributed by atoms with E-state index in [1.54, 1.807) is 33.9 Å². The number of aliphatic hydroxyl groups is 1. The summed E-state index contributed by atoms with van der Waals surface area (Å²) in [6, 6.07) is 5.31. The molecule has 1 unspecified atom stereocenters. The Hall–Kier alpha value is -1.53. The maximum absolute atomic E-state index is 12.3. The van der Waals surface area contributed by atoms with Crippen molar-refractivity contribution in [3.8, 4) is 0 Å². The van der Waals surface area contributed by atoms with Gasteiger partial charge in [-0.15, -0.1) is 0 Å². The Labute approximate surface area is 173 Å². The summed E-state index contributed by atoms with van der Waals surface area (Å²) < 4.78 is 1.61. The van der Waals surface area contributed by atoms with Crippen molar-refractivity contribution in [1.29, 1.82) is 0 Å². The lowest BCUT2D eigenvalue weighted by Gasteiger charge is -2.29. The van der Waals surface area contributed by atoms with Crippen molar-refractivity contribution in [2.45, 2.75) is 32.4 Å². The van der Waals surface area contributed by atoms with Crippen molar-refractivity contribution in [3.63, 3.8) is 0 Å². The van der Waals surface area contributed by atoms with Crippen LogP contribution >= 0.6 is 34.8 Å². The lowest BCUT2D eigenvalue weighted by atomic mass is 10.1. The predicted molar refractivity (Wildman–Crippen MR) is 108 cm³/mol. The minimum atomic E-state index is -0.454. The highest BCUT2D eigenvalue weighted by Gasteiger charge is 2.21. The summed E-state index contributed by atoms with van der Waals surface area (Å²) in [7, 11) is 0. The molecule has 144 valence electrons. The summed E-state index contributed by atoms with van der Waals surface area (Å²) in [6.45, 7) is 3.17. The smallest absolute Gasteiger partial charge is 0.246 e. The number of carbonyl (C=O) groups is 1. The Balaban J connectivity index is 1.78. The first-order valence-electron chi connectivity index (χ1n) is 8.67. The molecule has 1 aliphatic rings. The monoisotopic (exact) mass is 427 g/mol. The fourth-order valence-electron chi connectivity index (χ4n) is 3.11. The Morgan fingerprint density at radius 3 is 2.70 bits per heavy atom. The average molecular weight is 429 g/mol. The van der Waals surface area contributed by atoms with Crippen LogP contribution in [0.3, 0.4) is 0 Å². The fourth-order valence-corrected chi connectivity index (χ4v) is 3.92. The Morgan fingerprint density at radius 1 is 1.33 bits per heavy atom. The quantitative estimate of drug-likeness (QED) is 0.743. The summed E-state index contributed by atoms with van der Waals surface area (Å²) in [6.07, 6.45) is 4.22. The molecular formula is C19H20Cl3N3O2. The van der Waals surface area contributed by atoms with Gasteiger partial charge < -0.3 is 10.0 Å². The molecule has 0 saturated carbocycles. The number of aromatic nitrogens is 2. The second kappa shape index (κ2) is 8.65. The van der Waals surface area contributed by atoms with Crippen LogP contribution in [0.2, 0.25) is 15.2 Å². The molecule has 0 aliphatic carbocycles. The summed E-state index contributed by atoms with van der Waals surface area (Å²) in [5, 5.41) is 15.7. The van der Waals surface area contributed by atoms with E-state index in [1.807, 2.05) is 6.92 Å². The highest BCUT2D eigenvalue weighted by Crippen LogP contribution is 2.28. The van der Waals surface area contributed by atoms with Gasteiger partial charge >= 0.3 is 0 Å². The number of carbonyl (C=O) groups excluding carboxylic acids is 1. The summed E-state index contributed by atoms with van der Waals surface area (Å²) in [4.78, 5) is 14.0. The normalized spacial score (nSPS) is 17.7. The van der Waals surface area contributed by atoms with Crippen molar-refractivity contribution in [1.82, 2.24) is 14.7 Å². The minimum Gasteiger partial charge on any atom is -0.391 e. The number of benzene rings is 1. The highest BCUT2D eigenvalue weighted by atomic mass is 35.5. The second-order valence-electron chi connectivity index (χ2n) is 6.56. The van der Waals surface area contributed by atoms with Crippen molar-refractivity contribution >= 4 is 46.8 Å². The molecule has 1 aromatic heterocycles. The van der Waals surface area contributed by atoms with Crippen LogP contribution in [0.5, 0.6) is 0 Å². The van der Waals surface area contributed by atoms with Crippen LogP contribution in [-0.4, -0.2) is 44.9 Å². The van der Waals surface area contributed by atoms with E-state index in [-0.39, 0.29) is 5.91 Å². The van der Waals surface area contributed by atoms with Crippen LogP contribution in [0, 0.1) is 6.92 Å². The van der Waals surface area contributed by atoms with Gasteiger partial charge in [-0.05, 0) is 38.0 Å². The summed E-state index contributed by atoms with van der Waals surface area (Å²) >= 11 is 18.9. The van der Waals surface area contributed by atoms with E-state index in [1.165, 1.54) is 6.08 Å². The number of rotatable bonds is 4. The van der Waals surface area contributed by atoms with E-state index < -0.39 is 6.10 Å². The molecular weight excluding hydrogens is 409 g/mol. The van der Waals surface area contributed by atoms with E-state index >= 15 is 0 Å². The molecule has 1 saturated heterocycles. The zero-order chi connectivity index (χ0) is 19.6. The summed E-state index contributed by atoms with van der Waals surface area (Å²) in [5.74, 6) is -0.147. The molecule has 1 aliphatic heterocycles. The molecule has 1 atom stereocenters. The van der Waals surface area contributed by atoms with Gasteiger partial charge in [0.2, 0.25) is 5.91 Å². The molecule has 3 rings (SSSR count). The minimum absolute atomic E-state index is 0.147. The molecule has 2 heterocycles. The molecule has 1 N–H and O–H groups in total. The van der Waals surface area contributed by atoms with Crippen LogP contribution < -0.4 is 0 Å². The Kier molecular flexibility index (Phi) is 6.48. The van der Waals surface area contributed by atoms with Gasteiger partial charge in [-0.2, -0.15) is 5.10 Å². The number of amides is 1. The lowest BCUT2D eigenvalue weighted by Crippen LogP contribution is -2.41. The molecule has 2 aromatic rings. The van der Waals surface area contributed by atoms with Gasteiger partial charge in [0.1, 0.15) is 5.15 Å². The number of halogens is 3. The van der Waals surface area contributed by atoms with E-state index in [4.69, 9.17) is 34.8 Å². The van der Waals surface area contributed by atoms with Crippen molar-refractivity contribution in [2.24, 2.45) is 0 Å². The average Bonchev–Trinajstić information content (AvgIpc) is 2.89. The highest BCUT2D eigenvalue weighted by molar-refractivity contribution is 6.36. The van der Waals surface area contributed by atoms with Crippen molar-refractivity contribution < 1.29 is 9.90 Å². The van der Waals surface area contributed by atoms with Gasteiger partial charge in [0, 0.05) is 40.3 Å². The zero-order valence-corrected chi connectivity index (χ0v) is 17.1. The largest absolute Gasteiger partial charge is 0.391 e. The first kappa shape index (κ1) is 20.2. The van der Waals surface area contributed by atoms with Gasteiger partial charge in [0.25, 0.3) is 0 Å². The second-order valence-corrected chi connectivity index (χ2v) is 7.73. The van der Waals surface area contributed by atoms with Crippen LogP contribution in [0.15, 0.2) is 24.3 Å². The third-order valence-electron chi connectivity index (χ3n) is 4.58. The molecule has 1 amide bonds. The van der Waals surface area contributed by atoms with Crippen LogP contribution in [0.4, 0.5) is 0 Å². The molecule has 8 heteroatoms. The predicted octanol–water partition coefficient (Wildman–Crippen LogP) is 4.20. The van der Waals surface area contributed by atoms with E-state index in [2.05, 4.69) is 5.10 Å². The molecule has 0 radical (unpaired) electrons. The van der Waals surface area contributed by atoms with Gasteiger partial charge in [0.15, 0.2) is 0 Å². The number of likely N-dealkylation sites (tertiary alicyclic amines) is 1. The molecule has 0 spiro atoms. The zero-order valence-electron chi connectivity index (χ0n) is 14.8. The topological polar surface area (TPSA) is 58.4 Å². The molecule has 0 bridgehead atoms. The summed E-state index contributed by atoms with van der Waals surface area (Å²) in [5.41, 5.74) is 2.11. The van der Waals surface area contributed by atoms with E-state index in [9.17, 15) is 9.90 Å². The van der Waals surface area contributed by atoms with Crippen molar-refractivity contribution in [3.05, 3.63) is 56.3 Å². The van der Waals surface area contributed by atoms with E-state index in [0.29, 0.717) is 46.1 Å². The lowest BCUT2D eigenvalue weighted by molar-refractivity contribution is -0.128. The Morgan fingerprint density at radius 2 is 2.04 bits per heavy atom. The number of β-amino-alcohol motifs (C(OH)–C–C–N with tert-alkyl or cyclic N) is 1. The van der Waals surface area contributed by atoms with Crippen molar-refractivity contribution in [2.75, 3.05) is 13.1 Å². The first-order chi connectivity index (χ1) is 12.9. The molecule has 1 fully saturated rings. The fraction of sp³-hybridized carbons (Fsp3) is 0.368. The number of piperidine rings is 1. The molecule has 27 heavy (non-hydrogen) atoms. The van der Waals surface area contributed by atoms with Gasteiger partial charge in [0.05, 0.1) is 18.3 Å². The number of nitrogens with zero attached hydrogens (tertiary/aromatic N) is 3. The van der Waals surface area contributed by atoms with Gasteiger partial charge in [-0.3, -0.25) is 4.79 Å². The number of aryl methyl sites for hydroxylation is 1. The standard InChI is InChI=1S/C19H20Cl3N3O2/c1-12-14(7-8-18(27)24-9-3-4-13(26)10-24)19(22)25(23-12)11-15-16(20)5-2-6-17(15)21/h2,5-8,13,26H,3-4,9-11H2,1H3. The SMILES string of the molecule is Cc1nn(Cc2c(Cl)cccc2Cl)c(Cl)c1C=CC(=O)N1CCCC(O)C1. The van der Waals surface area contributed by atoms with E-state index in [0.717, 1.165) is 18.4 Å². The molecule has 5 nitrogen and oxygen atoms in total. The first-order valence-corrected chi connectivity index (χ1v) is 9.81. The van der Waals surface area contributed by atoms with Crippen LogP contribution in [0.1, 0.15) is 29.7 Å². The molecule has 1 aromatic carbocycles. The van der Waals surface area contributed by atoms with Crippen LogP contribution in [-0.2, 0) is 11.3 Å². The van der Waals surface area contributed by atoms with Gasteiger partial charge in [-0.1, -0.05) is 40.9 Å².